The number of hydrogen-bond acceptors (Lipinski definition) is 4. The lowest BCUT2D eigenvalue weighted by Crippen LogP contribution is -2.26. The molecule has 2 rings (SSSR count). The summed E-state index contributed by atoms with van der Waals surface area (Å²) in [5.41, 5.74) is 4.24. The summed E-state index contributed by atoms with van der Waals surface area (Å²) in [5.74, 6) is 2.38. The van der Waals surface area contributed by atoms with Crippen molar-refractivity contribution in [2.45, 2.75) is 24.3 Å². The highest BCUT2D eigenvalue weighted by atomic mass is 32.2. The van der Waals surface area contributed by atoms with Gasteiger partial charge in [0.15, 0.2) is 0 Å². The van der Waals surface area contributed by atoms with Crippen molar-refractivity contribution >= 4 is 41.0 Å². The Morgan fingerprint density at radius 2 is 1.95 bits per heavy atom. The second kappa shape index (κ2) is 7.04. The SMILES string of the molecule is C/C(CC1(C)SCCS1)=N\NC(=O)Nc1ccccc1. The van der Waals surface area contributed by atoms with Gasteiger partial charge in [-0.2, -0.15) is 5.10 Å². The molecule has 2 amide bonds. The summed E-state index contributed by atoms with van der Waals surface area (Å²) < 4.78 is 0.200. The zero-order valence-corrected chi connectivity index (χ0v) is 13.3. The largest absolute Gasteiger partial charge is 0.339 e. The fraction of sp³-hybridized carbons (Fsp3) is 0.429. The van der Waals surface area contributed by atoms with E-state index in [1.165, 1.54) is 11.5 Å². The van der Waals surface area contributed by atoms with Crippen molar-refractivity contribution in [2.24, 2.45) is 5.10 Å². The molecule has 1 aromatic rings. The third-order valence-corrected chi connectivity index (χ3v) is 6.15. The second-order valence-corrected chi connectivity index (χ2v) is 8.24. The van der Waals surface area contributed by atoms with Crippen molar-refractivity contribution in [3.05, 3.63) is 30.3 Å². The fourth-order valence-electron chi connectivity index (χ4n) is 1.99. The Balaban J connectivity index is 1.81. The van der Waals surface area contributed by atoms with Crippen molar-refractivity contribution in [1.29, 1.82) is 0 Å². The first-order valence-electron chi connectivity index (χ1n) is 6.50. The third-order valence-electron chi connectivity index (χ3n) is 2.86. The Morgan fingerprint density at radius 1 is 1.30 bits per heavy atom. The number of carbonyl (C=O) groups excluding carboxylic acids is 1. The van der Waals surface area contributed by atoms with Crippen LogP contribution in [-0.2, 0) is 0 Å². The van der Waals surface area contributed by atoms with Gasteiger partial charge in [0.2, 0.25) is 0 Å². The minimum absolute atomic E-state index is 0.200. The molecule has 0 saturated carbocycles. The highest BCUT2D eigenvalue weighted by molar-refractivity contribution is 8.21. The molecular formula is C14H19N3OS2. The van der Waals surface area contributed by atoms with E-state index in [0.717, 1.165) is 17.8 Å². The van der Waals surface area contributed by atoms with Gasteiger partial charge in [0, 0.05) is 29.3 Å². The molecule has 2 N–H and O–H groups in total. The molecule has 4 nitrogen and oxygen atoms in total. The van der Waals surface area contributed by atoms with E-state index in [9.17, 15) is 4.79 Å². The van der Waals surface area contributed by atoms with E-state index in [1.54, 1.807) is 0 Å². The second-order valence-electron chi connectivity index (χ2n) is 4.79. The van der Waals surface area contributed by atoms with Crippen LogP contribution in [0.15, 0.2) is 35.4 Å². The van der Waals surface area contributed by atoms with Crippen molar-refractivity contribution < 1.29 is 4.79 Å². The van der Waals surface area contributed by atoms with Gasteiger partial charge in [0.1, 0.15) is 0 Å². The molecule has 1 saturated heterocycles. The van der Waals surface area contributed by atoms with E-state index >= 15 is 0 Å². The Kier molecular flexibility index (Phi) is 5.37. The van der Waals surface area contributed by atoms with Crippen LogP contribution in [0.2, 0.25) is 0 Å². The molecule has 1 aliphatic rings. The van der Waals surface area contributed by atoms with Gasteiger partial charge in [-0.25, -0.2) is 10.2 Å². The highest BCUT2D eigenvalue weighted by Crippen LogP contribution is 2.46. The normalized spacial score (nSPS) is 17.8. The number of hydrogen-bond donors (Lipinski definition) is 2. The topological polar surface area (TPSA) is 53.5 Å². The quantitative estimate of drug-likeness (QED) is 0.657. The molecule has 0 bridgehead atoms. The molecular weight excluding hydrogens is 290 g/mol. The number of carbonyl (C=O) groups is 1. The van der Waals surface area contributed by atoms with E-state index in [2.05, 4.69) is 22.8 Å². The number of hydrazone groups is 1. The molecule has 1 fully saturated rings. The monoisotopic (exact) mass is 309 g/mol. The van der Waals surface area contributed by atoms with E-state index in [-0.39, 0.29) is 10.1 Å². The minimum Gasteiger partial charge on any atom is -0.307 e. The number of nitrogens with zero attached hydrogens (tertiary/aromatic N) is 1. The van der Waals surface area contributed by atoms with E-state index in [4.69, 9.17) is 0 Å². The molecule has 20 heavy (non-hydrogen) atoms. The molecule has 0 aliphatic carbocycles. The first-order valence-corrected chi connectivity index (χ1v) is 8.48. The maximum atomic E-state index is 11.7. The summed E-state index contributed by atoms with van der Waals surface area (Å²) in [6.45, 7) is 4.19. The van der Waals surface area contributed by atoms with Gasteiger partial charge in [-0.3, -0.25) is 0 Å². The van der Waals surface area contributed by atoms with Gasteiger partial charge in [-0.15, -0.1) is 23.5 Å². The lowest BCUT2D eigenvalue weighted by Gasteiger charge is -2.21. The number of nitrogens with one attached hydrogen (secondary N) is 2. The molecule has 0 atom stereocenters. The van der Waals surface area contributed by atoms with Crippen LogP contribution in [0, 0.1) is 0 Å². The molecule has 6 heteroatoms. The molecule has 0 radical (unpaired) electrons. The standard InChI is InChI=1S/C14H19N3OS2/c1-11(10-14(2)19-8-9-20-14)16-17-13(18)15-12-6-4-3-5-7-12/h3-7H,8-10H2,1-2H3,(H2,15,17,18)/b16-11+. The molecule has 108 valence electrons. The van der Waals surface area contributed by atoms with Crippen LogP contribution in [-0.4, -0.2) is 27.3 Å². The van der Waals surface area contributed by atoms with Crippen molar-refractivity contribution in [2.75, 3.05) is 16.8 Å². The lowest BCUT2D eigenvalue weighted by molar-refractivity contribution is 0.252. The Bertz CT molecular complexity index is 484. The number of anilines is 1. The average molecular weight is 309 g/mol. The van der Waals surface area contributed by atoms with Gasteiger partial charge < -0.3 is 5.32 Å². The van der Waals surface area contributed by atoms with Gasteiger partial charge >= 0.3 is 6.03 Å². The molecule has 1 aromatic carbocycles. The van der Waals surface area contributed by atoms with Gasteiger partial charge in [0.05, 0.1) is 4.08 Å². The predicted molar refractivity (Wildman–Crippen MR) is 89.6 cm³/mol. The third kappa shape index (κ3) is 4.76. The molecule has 1 heterocycles. The number of benzene rings is 1. The Labute approximate surface area is 128 Å². The molecule has 0 unspecified atom stereocenters. The summed E-state index contributed by atoms with van der Waals surface area (Å²) in [6.07, 6.45) is 0.883. The summed E-state index contributed by atoms with van der Waals surface area (Å²) >= 11 is 3.93. The maximum Gasteiger partial charge on any atom is 0.339 e. The Hall–Kier alpha value is -1.14. The minimum atomic E-state index is -0.313. The molecule has 1 aliphatic heterocycles. The van der Waals surface area contributed by atoms with Crippen LogP contribution in [0.4, 0.5) is 10.5 Å². The summed E-state index contributed by atoms with van der Waals surface area (Å²) in [6, 6.07) is 9.01. The maximum absolute atomic E-state index is 11.7. The summed E-state index contributed by atoms with van der Waals surface area (Å²) in [7, 11) is 0. The average Bonchev–Trinajstić information content (AvgIpc) is 2.84. The molecule has 0 aromatic heterocycles. The summed E-state index contributed by atoms with van der Waals surface area (Å²) in [4.78, 5) is 11.7. The van der Waals surface area contributed by atoms with Gasteiger partial charge in [-0.1, -0.05) is 18.2 Å². The van der Waals surface area contributed by atoms with Crippen LogP contribution >= 0.6 is 23.5 Å². The lowest BCUT2D eigenvalue weighted by atomic mass is 10.2. The molecule has 0 spiro atoms. The number of rotatable bonds is 4. The zero-order valence-electron chi connectivity index (χ0n) is 11.7. The zero-order chi connectivity index (χ0) is 14.4. The number of para-hydroxylation sites is 1. The first kappa shape index (κ1) is 15.3. The van der Waals surface area contributed by atoms with Crippen molar-refractivity contribution in [1.82, 2.24) is 5.43 Å². The predicted octanol–water partition coefficient (Wildman–Crippen LogP) is 3.77. The van der Waals surface area contributed by atoms with Crippen LogP contribution in [0.1, 0.15) is 20.3 Å². The highest BCUT2D eigenvalue weighted by Gasteiger charge is 2.30. The van der Waals surface area contributed by atoms with Gasteiger partial charge in [0.25, 0.3) is 0 Å². The summed E-state index contributed by atoms with van der Waals surface area (Å²) in [5, 5.41) is 6.89. The fourth-order valence-corrected chi connectivity index (χ4v) is 4.98. The van der Waals surface area contributed by atoms with E-state index in [0.29, 0.717) is 0 Å². The van der Waals surface area contributed by atoms with Crippen LogP contribution in [0.3, 0.4) is 0 Å². The van der Waals surface area contributed by atoms with E-state index < -0.39 is 0 Å². The number of amides is 2. The number of thioether (sulfide) groups is 2. The smallest absolute Gasteiger partial charge is 0.307 e. The van der Waals surface area contributed by atoms with Crippen LogP contribution < -0.4 is 10.7 Å². The van der Waals surface area contributed by atoms with E-state index in [1.807, 2.05) is 60.8 Å². The van der Waals surface area contributed by atoms with Crippen LogP contribution in [0.25, 0.3) is 0 Å². The van der Waals surface area contributed by atoms with Crippen molar-refractivity contribution in [3.63, 3.8) is 0 Å². The number of urea groups is 1. The van der Waals surface area contributed by atoms with Crippen LogP contribution in [0.5, 0.6) is 0 Å². The first-order chi connectivity index (χ1) is 9.57. The van der Waals surface area contributed by atoms with Gasteiger partial charge in [-0.05, 0) is 26.0 Å². The van der Waals surface area contributed by atoms with Crippen molar-refractivity contribution in [3.8, 4) is 0 Å². The Morgan fingerprint density at radius 3 is 2.60 bits per heavy atom.